The number of piperidine rings is 1. The summed E-state index contributed by atoms with van der Waals surface area (Å²) >= 11 is 0. The van der Waals surface area contributed by atoms with E-state index in [1.54, 1.807) is 0 Å². The fourth-order valence-corrected chi connectivity index (χ4v) is 3.17. The molecule has 3 atom stereocenters. The number of nitrogens with zero attached hydrogens (tertiary/aromatic N) is 1. The molecule has 0 aromatic rings. The molecule has 3 nitrogen and oxygen atoms in total. The summed E-state index contributed by atoms with van der Waals surface area (Å²) < 4.78 is 0. The van der Waals surface area contributed by atoms with E-state index in [0.29, 0.717) is 5.92 Å². The number of rotatable bonds is 2. The van der Waals surface area contributed by atoms with Gasteiger partial charge in [0.1, 0.15) is 0 Å². The Morgan fingerprint density at radius 3 is 2.93 bits per heavy atom. The van der Waals surface area contributed by atoms with Gasteiger partial charge in [0.05, 0.1) is 0 Å². The van der Waals surface area contributed by atoms with E-state index in [9.17, 15) is 4.79 Å². The van der Waals surface area contributed by atoms with Gasteiger partial charge in [-0.05, 0) is 30.6 Å². The number of nitrogens with one attached hydrogen (secondary N) is 1. The molecular formula is C12H20N2O. The summed E-state index contributed by atoms with van der Waals surface area (Å²) in [6, 6.07) is 0. The van der Waals surface area contributed by atoms with Crippen LogP contribution >= 0.6 is 0 Å². The van der Waals surface area contributed by atoms with Gasteiger partial charge in [0.25, 0.3) is 0 Å². The van der Waals surface area contributed by atoms with Crippen molar-refractivity contribution >= 4 is 5.91 Å². The van der Waals surface area contributed by atoms with Gasteiger partial charge in [-0.3, -0.25) is 4.79 Å². The van der Waals surface area contributed by atoms with Gasteiger partial charge < -0.3 is 10.2 Å². The Labute approximate surface area is 91.2 Å². The lowest BCUT2D eigenvalue weighted by Crippen LogP contribution is -2.46. The molecule has 3 fully saturated rings. The van der Waals surface area contributed by atoms with Gasteiger partial charge in [-0.15, -0.1) is 0 Å². The van der Waals surface area contributed by atoms with E-state index in [1.165, 1.54) is 25.9 Å². The first-order chi connectivity index (χ1) is 7.24. The topological polar surface area (TPSA) is 32.3 Å². The minimum atomic E-state index is 0.230. The largest absolute Gasteiger partial charge is 0.356 e. The van der Waals surface area contributed by atoms with E-state index < -0.39 is 0 Å². The fraction of sp³-hybridized carbons (Fsp3) is 0.917. The molecule has 0 unspecified atom stereocenters. The normalized spacial score (nSPS) is 41.4. The third-order valence-corrected chi connectivity index (χ3v) is 4.37. The van der Waals surface area contributed by atoms with Crippen LogP contribution in [-0.2, 0) is 4.79 Å². The van der Waals surface area contributed by atoms with E-state index >= 15 is 0 Å². The Balaban J connectivity index is 1.63. The summed E-state index contributed by atoms with van der Waals surface area (Å²) in [6.07, 6.45) is 2.86. The second-order valence-corrected chi connectivity index (χ2v) is 5.62. The van der Waals surface area contributed by atoms with Crippen LogP contribution in [0.5, 0.6) is 0 Å². The van der Waals surface area contributed by atoms with E-state index in [1.807, 2.05) is 0 Å². The van der Waals surface area contributed by atoms with Gasteiger partial charge in [0.15, 0.2) is 0 Å². The van der Waals surface area contributed by atoms with Crippen LogP contribution in [0, 0.1) is 23.7 Å². The highest BCUT2D eigenvalue weighted by atomic mass is 16.1. The van der Waals surface area contributed by atoms with Crippen molar-refractivity contribution in [2.45, 2.75) is 19.8 Å². The van der Waals surface area contributed by atoms with Crippen LogP contribution < -0.4 is 5.32 Å². The molecule has 1 aliphatic carbocycles. The van der Waals surface area contributed by atoms with Crippen molar-refractivity contribution in [1.82, 2.24) is 10.2 Å². The van der Waals surface area contributed by atoms with Crippen LogP contribution in [0.25, 0.3) is 0 Å². The number of hydrogen-bond donors (Lipinski definition) is 1. The van der Waals surface area contributed by atoms with Crippen LogP contribution in [0.4, 0.5) is 0 Å². The van der Waals surface area contributed by atoms with Crippen LogP contribution in [0.1, 0.15) is 19.8 Å². The molecule has 1 N–H and O–H groups in total. The fourth-order valence-electron chi connectivity index (χ4n) is 3.17. The lowest BCUT2D eigenvalue weighted by atomic mass is 9.81. The molecule has 2 saturated heterocycles. The van der Waals surface area contributed by atoms with Gasteiger partial charge >= 0.3 is 0 Å². The zero-order chi connectivity index (χ0) is 10.4. The highest BCUT2D eigenvalue weighted by Gasteiger charge is 2.42. The van der Waals surface area contributed by atoms with Crippen LogP contribution in [0.2, 0.25) is 0 Å². The third-order valence-electron chi connectivity index (χ3n) is 4.37. The number of likely N-dealkylation sites (tertiary alicyclic amines) is 1. The average molecular weight is 208 g/mol. The maximum atomic E-state index is 11.5. The highest BCUT2D eigenvalue weighted by Crippen LogP contribution is 2.36. The highest BCUT2D eigenvalue weighted by molar-refractivity contribution is 5.79. The predicted molar refractivity (Wildman–Crippen MR) is 58.3 cm³/mol. The monoisotopic (exact) mass is 208 g/mol. The van der Waals surface area contributed by atoms with Gasteiger partial charge in [0.2, 0.25) is 5.91 Å². The molecule has 1 amide bonds. The van der Waals surface area contributed by atoms with Crippen molar-refractivity contribution < 1.29 is 4.79 Å². The van der Waals surface area contributed by atoms with Crippen molar-refractivity contribution in [3.8, 4) is 0 Å². The van der Waals surface area contributed by atoms with Crippen molar-refractivity contribution in [3.05, 3.63) is 0 Å². The predicted octanol–water partition coefficient (Wildman–Crippen LogP) is 0.710. The molecular weight excluding hydrogens is 188 g/mol. The lowest BCUT2D eigenvalue weighted by Gasteiger charge is -2.30. The zero-order valence-corrected chi connectivity index (χ0v) is 9.41. The second-order valence-electron chi connectivity index (χ2n) is 5.62. The molecule has 2 heterocycles. The Morgan fingerprint density at radius 2 is 2.20 bits per heavy atom. The molecule has 3 aliphatic rings. The summed E-state index contributed by atoms with van der Waals surface area (Å²) in [5.41, 5.74) is 0. The van der Waals surface area contributed by atoms with Crippen molar-refractivity contribution in [1.29, 1.82) is 0 Å². The molecule has 0 spiro atoms. The van der Waals surface area contributed by atoms with Gasteiger partial charge in [0, 0.05) is 32.1 Å². The number of hydrogen-bond acceptors (Lipinski definition) is 2. The first kappa shape index (κ1) is 9.64. The van der Waals surface area contributed by atoms with E-state index in [2.05, 4.69) is 17.1 Å². The molecule has 1 saturated carbocycles. The molecule has 0 aromatic carbocycles. The Kier molecular flexibility index (Phi) is 2.23. The molecule has 84 valence electrons. The summed E-state index contributed by atoms with van der Waals surface area (Å²) in [7, 11) is 0. The third kappa shape index (κ3) is 1.78. The van der Waals surface area contributed by atoms with Gasteiger partial charge in [-0.1, -0.05) is 6.92 Å². The van der Waals surface area contributed by atoms with E-state index in [0.717, 1.165) is 24.9 Å². The first-order valence-electron chi connectivity index (χ1n) is 6.24. The second kappa shape index (κ2) is 3.48. The van der Waals surface area contributed by atoms with E-state index in [4.69, 9.17) is 0 Å². The number of carbonyl (C=O) groups is 1. The lowest BCUT2D eigenvalue weighted by molar-refractivity contribution is -0.128. The SMILES string of the molecule is C[C@@H]1C(=O)NC[C@H]2CN(CC3CC3)C[C@H]21. The number of fused-ring (bicyclic) bond motifs is 1. The standard InChI is InChI=1S/C12H20N2O/c1-8-11-7-14(5-9-2-3-9)6-10(11)4-13-12(8)15/h8-11H,2-7H2,1H3,(H,13,15)/t8-,10-,11-/m0/s1. The van der Waals surface area contributed by atoms with Crippen LogP contribution in [0.3, 0.4) is 0 Å². The van der Waals surface area contributed by atoms with Crippen LogP contribution in [-0.4, -0.2) is 37.0 Å². The van der Waals surface area contributed by atoms with Gasteiger partial charge in [-0.2, -0.15) is 0 Å². The smallest absolute Gasteiger partial charge is 0.223 e. The number of carbonyl (C=O) groups excluding carboxylic acids is 1. The summed E-state index contributed by atoms with van der Waals surface area (Å²) in [5.74, 6) is 2.82. The minimum Gasteiger partial charge on any atom is -0.356 e. The quantitative estimate of drug-likeness (QED) is 0.725. The molecule has 0 bridgehead atoms. The first-order valence-corrected chi connectivity index (χ1v) is 6.24. The molecule has 15 heavy (non-hydrogen) atoms. The summed E-state index contributed by atoms with van der Waals surface area (Å²) in [5, 5.41) is 3.03. The minimum absolute atomic E-state index is 0.230. The Morgan fingerprint density at radius 1 is 1.40 bits per heavy atom. The molecule has 0 radical (unpaired) electrons. The van der Waals surface area contributed by atoms with Gasteiger partial charge in [-0.25, -0.2) is 0 Å². The summed E-state index contributed by atoms with van der Waals surface area (Å²) in [4.78, 5) is 14.1. The maximum absolute atomic E-state index is 11.5. The molecule has 2 aliphatic heterocycles. The molecule has 3 heteroatoms. The molecule has 3 rings (SSSR count). The Bertz CT molecular complexity index is 275. The van der Waals surface area contributed by atoms with Crippen molar-refractivity contribution in [2.24, 2.45) is 23.7 Å². The Hall–Kier alpha value is -0.570. The zero-order valence-electron chi connectivity index (χ0n) is 9.41. The number of amides is 1. The summed E-state index contributed by atoms with van der Waals surface area (Å²) in [6.45, 7) is 6.66. The van der Waals surface area contributed by atoms with Crippen molar-refractivity contribution in [3.63, 3.8) is 0 Å². The van der Waals surface area contributed by atoms with Crippen molar-refractivity contribution in [2.75, 3.05) is 26.2 Å². The van der Waals surface area contributed by atoms with Crippen LogP contribution in [0.15, 0.2) is 0 Å². The molecule has 0 aromatic heterocycles. The average Bonchev–Trinajstić information content (AvgIpc) is 2.91. The van der Waals surface area contributed by atoms with E-state index in [-0.39, 0.29) is 11.8 Å². The maximum Gasteiger partial charge on any atom is 0.223 e.